The summed E-state index contributed by atoms with van der Waals surface area (Å²) in [5, 5.41) is 20.4. The standard InChI is InChI=1S/2C18H36O2.C17H30N.C15H26N/c2*1-2-3-4-5-6-7-8-9-10-11-12-13-14-15-16-17-18(19)20;1-2-3-4-5-6-7-8-9-10-12-15-18-16-13-11-14-17-18;1-2-3-4-5-6-7-8-10-13-16-14-11-9-12-15-16/h2*2-17H2,1H3,(H,19,20);11,13-14,16-17H,2-10,12,15H2,1H3;9,11-12,14-15H,2-8,10,13H2,1H3/q;;2*+1/p-2. The summed E-state index contributed by atoms with van der Waals surface area (Å²) in [6.07, 6.45) is 73.7. The van der Waals surface area contributed by atoms with E-state index in [1.54, 1.807) is 0 Å². The van der Waals surface area contributed by atoms with Crippen LogP contribution in [0.5, 0.6) is 0 Å². The van der Waals surface area contributed by atoms with Crippen LogP contribution in [-0.4, -0.2) is 11.9 Å². The van der Waals surface area contributed by atoms with Crippen LogP contribution in [0.4, 0.5) is 0 Å². The van der Waals surface area contributed by atoms with Gasteiger partial charge in [-0.3, -0.25) is 0 Å². The van der Waals surface area contributed by atoms with E-state index in [2.05, 4.69) is 98.0 Å². The fourth-order valence-corrected chi connectivity index (χ4v) is 9.66. The van der Waals surface area contributed by atoms with Crippen molar-refractivity contribution in [1.82, 2.24) is 0 Å². The molecule has 0 N–H and O–H groups in total. The highest BCUT2D eigenvalue weighted by Gasteiger charge is 2.01. The highest BCUT2D eigenvalue weighted by molar-refractivity contribution is 5.64. The molecule has 74 heavy (non-hydrogen) atoms. The first-order chi connectivity index (χ1) is 36.4. The maximum absolute atomic E-state index is 10.2. The van der Waals surface area contributed by atoms with Crippen molar-refractivity contribution in [3.8, 4) is 0 Å². The van der Waals surface area contributed by atoms with Gasteiger partial charge in [-0.1, -0.05) is 310 Å². The molecule has 2 rings (SSSR count). The molecule has 6 nitrogen and oxygen atoms in total. The fourth-order valence-electron chi connectivity index (χ4n) is 9.66. The summed E-state index contributed by atoms with van der Waals surface area (Å²) in [7, 11) is 0. The van der Waals surface area contributed by atoms with Crippen molar-refractivity contribution in [1.29, 1.82) is 0 Å². The third-order valence-electron chi connectivity index (χ3n) is 14.6. The summed E-state index contributed by atoms with van der Waals surface area (Å²) in [5.74, 6) is -1.81. The van der Waals surface area contributed by atoms with E-state index in [1.807, 2.05) is 0 Å². The minimum atomic E-state index is -0.903. The average Bonchev–Trinajstić information content (AvgIpc) is 3.41. The molecule has 0 atom stereocenters. The molecule has 0 saturated carbocycles. The quantitative estimate of drug-likeness (QED) is 0.0488. The molecule has 0 spiro atoms. The Morgan fingerprint density at radius 3 is 0.581 bits per heavy atom. The van der Waals surface area contributed by atoms with E-state index < -0.39 is 11.9 Å². The minimum absolute atomic E-state index is 0.234. The molecule has 0 radical (unpaired) electrons. The van der Waals surface area contributed by atoms with Gasteiger partial charge < -0.3 is 19.8 Å². The smallest absolute Gasteiger partial charge is 0.168 e. The van der Waals surface area contributed by atoms with Crippen LogP contribution in [-0.2, 0) is 22.7 Å². The molecule has 0 fully saturated rings. The second kappa shape index (κ2) is 66.4. The summed E-state index contributed by atoms with van der Waals surface area (Å²) in [5.41, 5.74) is 0. The van der Waals surface area contributed by atoms with Gasteiger partial charge in [0.1, 0.15) is 13.1 Å². The lowest BCUT2D eigenvalue weighted by Crippen LogP contribution is -2.32. The Labute approximate surface area is 461 Å². The maximum Gasteiger partial charge on any atom is 0.168 e. The highest BCUT2D eigenvalue weighted by atomic mass is 16.4. The molecule has 0 saturated heterocycles. The number of hydrogen-bond acceptors (Lipinski definition) is 4. The first-order valence-electron chi connectivity index (χ1n) is 32.7. The molecule has 0 bridgehead atoms. The van der Waals surface area contributed by atoms with E-state index in [0.717, 1.165) is 25.7 Å². The van der Waals surface area contributed by atoms with Crippen LogP contribution < -0.4 is 19.3 Å². The van der Waals surface area contributed by atoms with Crippen molar-refractivity contribution in [2.45, 2.75) is 362 Å². The number of pyridine rings is 2. The fraction of sp³-hybridized carbons (Fsp3) is 0.824. The third-order valence-corrected chi connectivity index (χ3v) is 14.6. The number of rotatable bonds is 52. The van der Waals surface area contributed by atoms with Crippen molar-refractivity contribution < 1.29 is 28.9 Å². The zero-order valence-corrected chi connectivity index (χ0v) is 50.1. The molecule has 0 aliphatic carbocycles. The van der Waals surface area contributed by atoms with E-state index in [1.165, 1.54) is 296 Å². The molecule has 0 aromatic carbocycles. The Hall–Kier alpha value is -2.76. The van der Waals surface area contributed by atoms with Gasteiger partial charge in [0, 0.05) is 49.0 Å². The summed E-state index contributed by atoms with van der Waals surface area (Å²) in [6.45, 7) is 11.4. The lowest BCUT2D eigenvalue weighted by Gasteiger charge is -2.04. The van der Waals surface area contributed by atoms with Crippen LogP contribution in [0.1, 0.15) is 349 Å². The number of hydrogen-bond donors (Lipinski definition) is 0. The van der Waals surface area contributed by atoms with Crippen molar-refractivity contribution in [2.24, 2.45) is 0 Å². The third kappa shape index (κ3) is 67.3. The Morgan fingerprint density at radius 1 is 0.243 bits per heavy atom. The number of aryl methyl sites for hydroxylation is 2. The number of unbranched alkanes of at least 4 members (excludes halogenated alkanes) is 44. The number of carbonyl (C=O) groups excluding carboxylic acids is 2. The zero-order chi connectivity index (χ0) is 54.2. The molecule has 0 amide bonds. The molecular formula is C68H126N2O4. The number of carboxylic acids is 2. The van der Waals surface area contributed by atoms with Crippen LogP contribution >= 0.6 is 0 Å². The van der Waals surface area contributed by atoms with Crippen molar-refractivity contribution in [2.75, 3.05) is 0 Å². The van der Waals surface area contributed by atoms with Gasteiger partial charge in [0.05, 0.1) is 0 Å². The summed E-state index contributed by atoms with van der Waals surface area (Å²) in [4.78, 5) is 20.4. The number of nitrogens with zero attached hydrogens (tertiary/aromatic N) is 2. The van der Waals surface area contributed by atoms with Crippen LogP contribution in [0, 0.1) is 0 Å². The molecule has 0 aliphatic heterocycles. The first kappa shape index (κ1) is 73.3. The monoisotopic (exact) mass is 1030 g/mol. The molecule has 2 heterocycles. The Balaban J connectivity index is 0. The predicted octanol–water partition coefficient (Wildman–Crippen LogP) is 19.0. The van der Waals surface area contributed by atoms with Gasteiger partial charge in [0.25, 0.3) is 0 Å². The predicted molar refractivity (Wildman–Crippen MR) is 317 cm³/mol. The van der Waals surface area contributed by atoms with E-state index in [4.69, 9.17) is 0 Å². The van der Waals surface area contributed by atoms with Crippen LogP contribution in [0.3, 0.4) is 0 Å². The number of aliphatic carboxylic acids is 2. The second-order valence-corrected chi connectivity index (χ2v) is 22.0. The zero-order valence-electron chi connectivity index (χ0n) is 50.1. The normalized spacial score (nSPS) is 10.8. The largest absolute Gasteiger partial charge is 0.550 e. The lowest BCUT2D eigenvalue weighted by atomic mass is 10.0. The van der Waals surface area contributed by atoms with E-state index >= 15 is 0 Å². The van der Waals surface area contributed by atoms with Gasteiger partial charge >= 0.3 is 0 Å². The van der Waals surface area contributed by atoms with Gasteiger partial charge in [-0.15, -0.1) is 0 Å². The van der Waals surface area contributed by atoms with E-state index in [-0.39, 0.29) is 12.8 Å². The number of aromatic nitrogens is 2. The molecule has 2 aromatic rings. The van der Waals surface area contributed by atoms with Crippen LogP contribution in [0.2, 0.25) is 0 Å². The van der Waals surface area contributed by atoms with E-state index in [0.29, 0.717) is 0 Å². The topological polar surface area (TPSA) is 88.0 Å². The molecular weight excluding hydrogens is 909 g/mol. The van der Waals surface area contributed by atoms with Crippen LogP contribution in [0.15, 0.2) is 61.2 Å². The summed E-state index contributed by atoms with van der Waals surface area (Å²) in [6, 6.07) is 12.6. The summed E-state index contributed by atoms with van der Waals surface area (Å²) >= 11 is 0. The second-order valence-electron chi connectivity index (χ2n) is 22.0. The van der Waals surface area contributed by atoms with Crippen molar-refractivity contribution in [3.05, 3.63) is 61.2 Å². The molecule has 432 valence electrons. The summed E-state index contributed by atoms with van der Waals surface area (Å²) < 4.78 is 4.56. The Bertz CT molecular complexity index is 1280. The van der Waals surface area contributed by atoms with Gasteiger partial charge in [-0.2, -0.15) is 0 Å². The maximum atomic E-state index is 10.2. The Morgan fingerprint density at radius 2 is 0.405 bits per heavy atom. The van der Waals surface area contributed by atoms with Gasteiger partial charge in [-0.25, -0.2) is 9.13 Å². The minimum Gasteiger partial charge on any atom is -0.550 e. The van der Waals surface area contributed by atoms with Gasteiger partial charge in [-0.05, 0) is 38.5 Å². The van der Waals surface area contributed by atoms with Crippen molar-refractivity contribution in [3.63, 3.8) is 0 Å². The van der Waals surface area contributed by atoms with Crippen LogP contribution in [0.25, 0.3) is 0 Å². The number of carboxylic acid groups (broad SMARTS) is 2. The Kier molecular flexibility index (Phi) is 65.7. The van der Waals surface area contributed by atoms with Gasteiger partial charge in [0.2, 0.25) is 0 Å². The lowest BCUT2D eigenvalue weighted by molar-refractivity contribution is -0.697. The molecule has 0 aliphatic rings. The molecule has 0 unspecified atom stereocenters. The number of carbonyl (C=O) groups is 2. The van der Waals surface area contributed by atoms with Gasteiger partial charge in [0.15, 0.2) is 24.8 Å². The van der Waals surface area contributed by atoms with E-state index in [9.17, 15) is 19.8 Å². The van der Waals surface area contributed by atoms with Crippen molar-refractivity contribution >= 4 is 11.9 Å². The average molecular weight is 1040 g/mol. The highest BCUT2D eigenvalue weighted by Crippen LogP contribution is 2.16. The molecule has 2 aromatic heterocycles. The SMILES string of the molecule is CCCCCCCCCCCCCCCCCC(=O)[O-].CCCCCCCCCCCCCCCCCC(=O)[O-].CCCCCCCCCCCC[n+]1ccccc1.CCCCCCCCCC[n+]1ccccc1. The molecule has 6 heteroatoms. The first-order valence-corrected chi connectivity index (χ1v) is 32.7.